The van der Waals surface area contributed by atoms with Crippen molar-refractivity contribution in [3.05, 3.63) is 56.8 Å². The molecule has 128 valence electrons. The molecule has 1 atom stereocenters. The number of halogens is 2. The van der Waals surface area contributed by atoms with Gasteiger partial charge in [0, 0.05) is 25.1 Å². The number of nitriles is 1. The number of furan rings is 1. The van der Waals surface area contributed by atoms with Gasteiger partial charge in [-0.2, -0.15) is 5.26 Å². The molecule has 0 radical (unpaired) electrons. The first kappa shape index (κ1) is 17.7. The zero-order valence-corrected chi connectivity index (χ0v) is 15.9. The van der Waals surface area contributed by atoms with E-state index in [1.54, 1.807) is 18.2 Å². The van der Waals surface area contributed by atoms with Gasteiger partial charge in [0.2, 0.25) is 0 Å². The molecule has 0 aliphatic carbocycles. The molecule has 2 aromatic heterocycles. The van der Waals surface area contributed by atoms with Gasteiger partial charge in [-0.3, -0.25) is 0 Å². The second-order valence-electron chi connectivity index (χ2n) is 5.85. The van der Waals surface area contributed by atoms with Gasteiger partial charge in [0.25, 0.3) is 0 Å². The van der Waals surface area contributed by atoms with Gasteiger partial charge in [-0.25, -0.2) is 4.98 Å². The minimum absolute atomic E-state index is 0.0256. The summed E-state index contributed by atoms with van der Waals surface area (Å²) in [6.45, 7) is 2.49. The summed E-state index contributed by atoms with van der Waals surface area (Å²) in [7, 11) is 0. The third kappa shape index (κ3) is 3.96. The van der Waals surface area contributed by atoms with E-state index in [0.29, 0.717) is 34.8 Å². The number of nitrogens with two attached hydrogens (primary N) is 1. The van der Waals surface area contributed by atoms with E-state index in [2.05, 4.69) is 32.3 Å². The van der Waals surface area contributed by atoms with Crippen LogP contribution in [0.4, 0.5) is 5.69 Å². The van der Waals surface area contributed by atoms with E-state index in [1.165, 1.54) is 0 Å². The van der Waals surface area contributed by atoms with Gasteiger partial charge in [0.15, 0.2) is 5.58 Å². The Kier molecular flexibility index (Phi) is 5.28. The summed E-state index contributed by atoms with van der Waals surface area (Å²) >= 11 is 9.69. The van der Waals surface area contributed by atoms with Gasteiger partial charge in [0.1, 0.15) is 16.4 Å². The third-order valence-electron chi connectivity index (χ3n) is 3.69. The number of anilines is 1. The Morgan fingerprint density at radius 3 is 2.76 bits per heavy atom. The van der Waals surface area contributed by atoms with Crippen LogP contribution >= 0.6 is 27.5 Å². The lowest BCUT2D eigenvalue weighted by atomic mass is 10.1. The standard InChI is InChI=1S/C18H16BrClN4O/c1-10(22)6-14-16(19)17-18(25-14)13(7-15(20)24-17)23-9-12-4-2-11(8-21)3-5-12/h2-5,7,10H,6,9,22H2,1H3,(H,23,24)/t10-/m0/s1. The van der Waals surface area contributed by atoms with E-state index in [9.17, 15) is 0 Å². The monoisotopic (exact) mass is 418 g/mol. The molecule has 2 heterocycles. The van der Waals surface area contributed by atoms with Gasteiger partial charge in [0.05, 0.1) is 21.8 Å². The molecule has 0 spiro atoms. The number of benzene rings is 1. The molecule has 1 aromatic carbocycles. The van der Waals surface area contributed by atoms with E-state index in [0.717, 1.165) is 21.5 Å². The van der Waals surface area contributed by atoms with Crippen LogP contribution in [0, 0.1) is 11.3 Å². The van der Waals surface area contributed by atoms with Crippen LogP contribution in [0.1, 0.15) is 23.8 Å². The van der Waals surface area contributed by atoms with Gasteiger partial charge in [-0.15, -0.1) is 0 Å². The molecule has 5 nitrogen and oxygen atoms in total. The predicted octanol–water partition coefficient (Wildman–Crippen LogP) is 4.62. The van der Waals surface area contributed by atoms with Crippen LogP contribution < -0.4 is 11.1 Å². The van der Waals surface area contributed by atoms with Crippen molar-refractivity contribution >= 4 is 44.3 Å². The first-order valence-electron chi connectivity index (χ1n) is 7.74. The Bertz CT molecular complexity index is 944. The fraction of sp³-hybridized carbons (Fsp3) is 0.222. The molecule has 3 rings (SSSR count). The average Bonchev–Trinajstić information content (AvgIpc) is 2.89. The number of aromatic nitrogens is 1. The third-order valence-corrected chi connectivity index (χ3v) is 4.70. The van der Waals surface area contributed by atoms with Crippen LogP contribution in [0.5, 0.6) is 0 Å². The van der Waals surface area contributed by atoms with Crippen molar-refractivity contribution in [3.8, 4) is 6.07 Å². The number of hydrogen-bond acceptors (Lipinski definition) is 5. The summed E-state index contributed by atoms with van der Waals surface area (Å²) in [6, 6.07) is 11.2. The Hall–Kier alpha value is -2.07. The fourth-order valence-electron chi connectivity index (χ4n) is 2.50. The maximum absolute atomic E-state index is 8.86. The van der Waals surface area contributed by atoms with Crippen LogP contribution in [0.2, 0.25) is 5.15 Å². The van der Waals surface area contributed by atoms with Crippen molar-refractivity contribution in [1.29, 1.82) is 5.26 Å². The smallest absolute Gasteiger partial charge is 0.177 e. The second-order valence-corrected chi connectivity index (χ2v) is 7.03. The summed E-state index contributed by atoms with van der Waals surface area (Å²) in [6.07, 6.45) is 0.601. The van der Waals surface area contributed by atoms with E-state index < -0.39 is 0 Å². The maximum atomic E-state index is 8.86. The number of pyridine rings is 1. The number of nitrogens with one attached hydrogen (secondary N) is 1. The molecule has 0 bridgehead atoms. The lowest BCUT2D eigenvalue weighted by molar-refractivity contribution is 0.523. The molecular weight excluding hydrogens is 404 g/mol. The van der Waals surface area contributed by atoms with Crippen molar-refractivity contribution in [2.24, 2.45) is 5.73 Å². The van der Waals surface area contributed by atoms with Gasteiger partial charge >= 0.3 is 0 Å². The summed E-state index contributed by atoms with van der Waals surface area (Å²) in [5.74, 6) is 0.751. The summed E-state index contributed by atoms with van der Waals surface area (Å²) < 4.78 is 6.75. The lowest BCUT2D eigenvalue weighted by Gasteiger charge is -2.07. The Morgan fingerprint density at radius 1 is 1.40 bits per heavy atom. The van der Waals surface area contributed by atoms with Gasteiger partial charge in [-0.1, -0.05) is 23.7 Å². The van der Waals surface area contributed by atoms with Crippen LogP contribution in [-0.2, 0) is 13.0 Å². The van der Waals surface area contributed by atoms with Crippen LogP contribution in [0.15, 0.2) is 39.2 Å². The van der Waals surface area contributed by atoms with Crippen molar-refractivity contribution in [3.63, 3.8) is 0 Å². The number of nitrogens with zero attached hydrogens (tertiary/aromatic N) is 2. The number of fused-ring (bicyclic) bond motifs is 1. The van der Waals surface area contributed by atoms with E-state index >= 15 is 0 Å². The molecule has 0 fully saturated rings. The molecule has 3 aromatic rings. The minimum Gasteiger partial charge on any atom is -0.456 e. The Labute approximate surface area is 158 Å². The predicted molar refractivity (Wildman–Crippen MR) is 103 cm³/mol. The van der Waals surface area contributed by atoms with E-state index in [4.69, 9.17) is 27.0 Å². The molecule has 0 amide bonds. The topological polar surface area (TPSA) is 87.9 Å². The van der Waals surface area contributed by atoms with Crippen molar-refractivity contribution in [1.82, 2.24) is 4.98 Å². The quantitative estimate of drug-likeness (QED) is 0.589. The second kappa shape index (κ2) is 7.44. The molecule has 0 aliphatic heterocycles. The highest BCUT2D eigenvalue weighted by molar-refractivity contribution is 9.10. The molecule has 25 heavy (non-hydrogen) atoms. The fourth-order valence-corrected chi connectivity index (χ4v) is 3.21. The number of hydrogen-bond donors (Lipinski definition) is 2. The Morgan fingerprint density at radius 2 is 2.12 bits per heavy atom. The SMILES string of the molecule is C[C@H](N)Cc1oc2c(NCc3ccc(C#N)cc3)cc(Cl)nc2c1Br. The summed E-state index contributed by atoms with van der Waals surface area (Å²) in [5, 5.41) is 12.6. The molecule has 0 saturated carbocycles. The minimum atomic E-state index is -0.0256. The first-order valence-corrected chi connectivity index (χ1v) is 8.91. The van der Waals surface area contributed by atoms with Crippen LogP contribution in [0.3, 0.4) is 0 Å². The average molecular weight is 420 g/mol. The zero-order chi connectivity index (χ0) is 18.0. The van der Waals surface area contributed by atoms with Gasteiger partial charge < -0.3 is 15.5 Å². The summed E-state index contributed by atoms with van der Waals surface area (Å²) in [4.78, 5) is 4.35. The van der Waals surface area contributed by atoms with Crippen LogP contribution in [0.25, 0.3) is 11.1 Å². The van der Waals surface area contributed by atoms with E-state index in [1.807, 2.05) is 19.1 Å². The maximum Gasteiger partial charge on any atom is 0.177 e. The highest BCUT2D eigenvalue weighted by Gasteiger charge is 2.18. The molecule has 7 heteroatoms. The molecule has 0 unspecified atom stereocenters. The van der Waals surface area contributed by atoms with Gasteiger partial charge in [-0.05, 0) is 40.5 Å². The summed E-state index contributed by atoms with van der Waals surface area (Å²) in [5.41, 5.74) is 9.62. The highest BCUT2D eigenvalue weighted by atomic mass is 79.9. The largest absolute Gasteiger partial charge is 0.456 e. The van der Waals surface area contributed by atoms with E-state index in [-0.39, 0.29) is 6.04 Å². The normalized spacial score (nSPS) is 12.1. The molecule has 0 aliphatic rings. The van der Waals surface area contributed by atoms with Crippen molar-refractivity contribution in [2.75, 3.05) is 5.32 Å². The molecule has 0 saturated heterocycles. The Balaban J connectivity index is 1.90. The highest BCUT2D eigenvalue weighted by Crippen LogP contribution is 2.36. The zero-order valence-electron chi connectivity index (χ0n) is 13.5. The molecule has 3 N–H and O–H groups in total. The molecular formula is C18H16BrClN4O. The first-order chi connectivity index (χ1) is 12.0. The van der Waals surface area contributed by atoms with Crippen molar-refractivity contribution in [2.45, 2.75) is 25.9 Å². The van der Waals surface area contributed by atoms with Crippen molar-refractivity contribution < 1.29 is 4.42 Å². The number of rotatable bonds is 5. The lowest BCUT2D eigenvalue weighted by Crippen LogP contribution is -2.17. The van der Waals surface area contributed by atoms with Crippen LogP contribution in [-0.4, -0.2) is 11.0 Å².